The van der Waals surface area contributed by atoms with E-state index in [1.807, 2.05) is 11.0 Å². The highest BCUT2D eigenvalue weighted by Gasteiger charge is 2.26. The van der Waals surface area contributed by atoms with E-state index >= 15 is 0 Å². The third-order valence-electron chi connectivity index (χ3n) is 4.80. The predicted octanol–water partition coefficient (Wildman–Crippen LogP) is 3.06. The topological polar surface area (TPSA) is 93.0 Å². The summed E-state index contributed by atoms with van der Waals surface area (Å²) in [4.78, 5) is 38.8. The molecule has 3 rings (SSSR count). The van der Waals surface area contributed by atoms with Crippen LogP contribution in [0.5, 0.6) is 0 Å². The third kappa shape index (κ3) is 4.83. The van der Waals surface area contributed by atoms with Crippen LogP contribution in [-0.2, 0) is 9.53 Å². The van der Waals surface area contributed by atoms with Gasteiger partial charge in [-0.1, -0.05) is 29.8 Å². The molecule has 8 nitrogen and oxygen atoms in total. The number of halogens is 1. The summed E-state index contributed by atoms with van der Waals surface area (Å²) >= 11 is 5.86. The maximum absolute atomic E-state index is 12.4. The lowest BCUT2D eigenvalue weighted by molar-refractivity contribution is -0.384. The van der Waals surface area contributed by atoms with Crippen LogP contribution in [0.4, 0.5) is 11.4 Å². The minimum absolute atomic E-state index is 0.0653. The number of piperazine rings is 1. The molecule has 1 saturated heterocycles. The van der Waals surface area contributed by atoms with E-state index in [1.54, 1.807) is 42.2 Å². The third-order valence-corrected chi connectivity index (χ3v) is 5.03. The van der Waals surface area contributed by atoms with Crippen molar-refractivity contribution in [3.8, 4) is 0 Å². The summed E-state index contributed by atoms with van der Waals surface area (Å²) < 4.78 is 5.15. The molecule has 1 heterocycles. The van der Waals surface area contributed by atoms with Gasteiger partial charge in [0, 0.05) is 37.3 Å². The average molecular weight is 418 g/mol. The van der Waals surface area contributed by atoms with Gasteiger partial charge < -0.3 is 14.5 Å². The fraction of sp³-hybridized carbons (Fsp3) is 0.300. The van der Waals surface area contributed by atoms with Gasteiger partial charge in [0.25, 0.3) is 11.6 Å². The minimum Gasteiger partial charge on any atom is -0.452 e. The van der Waals surface area contributed by atoms with Crippen LogP contribution in [0.3, 0.4) is 0 Å². The van der Waals surface area contributed by atoms with Gasteiger partial charge in [-0.3, -0.25) is 14.9 Å². The number of nitro benzene ring substituents is 1. The van der Waals surface area contributed by atoms with Gasteiger partial charge in [-0.25, -0.2) is 4.79 Å². The molecule has 152 valence electrons. The first kappa shape index (κ1) is 20.6. The number of hydrogen-bond acceptors (Lipinski definition) is 6. The number of carbonyl (C=O) groups excluding carboxylic acids is 2. The van der Waals surface area contributed by atoms with E-state index in [-0.39, 0.29) is 18.2 Å². The van der Waals surface area contributed by atoms with E-state index in [1.165, 1.54) is 6.07 Å². The van der Waals surface area contributed by atoms with E-state index in [0.717, 1.165) is 5.56 Å². The van der Waals surface area contributed by atoms with Crippen molar-refractivity contribution in [2.75, 3.05) is 37.7 Å². The molecule has 0 aliphatic carbocycles. The van der Waals surface area contributed by atoms with Gasteiger partial charge in [-0.05, 0) is 30.7 Å². The predicted molar refractivity (Wildman–Crippen MR) is 108 cm³/mol. The van der Waals surface area contributed by atoms with Crippen molar-refractivity contribution in [2.45, 2.75) is 6.92 Å². The van der Waals surface area contributed by atoms with Crippen molar-refractivity contribution in [1.29, 1.82) is 0 Å². The van der Waals surface area contributed by atoms with Gasteiger partial charge in [0.05, 0.1) is 10.5 Å². The van der Waals surface area contributed by atoms with Crippen molar-refractivity contribution >= 4 is 34.9 Å². The molecule has 1 aliphatic heterocycles. The first-order chi connectivity index (χ1) is 13.9. The highest BCUT2D eigenvalue weighted by molar-refractivity contribution is 6.30. The Morgan fingerprint density at radius 2 is 1.83 bits per heavy atom. The first-order valence-corrected chi connectivity index (χ1v) is 9.44. The maximum Gasteiger partial charge on any atom is 0.338 e. The summed E-state index contributed by atoms with van der Waals surface area (Å²) in [5.41, 5.74) is 1.62. The van der Waals surface area contributed by atoms with Gasteiger partial charge in [-0.2, -0.15) is 0 Å². The molecule has 0 spiro atoms. The Morgan fingerprint density at radius 3 is 2.48 bits per heavy atom. The van der Waals surface area contributed by atoms with Crippen molar-refractivity contribution in [3.05, 3.63) is 68.7 Å². The Balaban J connectivity index is 1.56. The number of benzene rings is 2. The Bertz CT molecular complexity index is 941. The smallest absolute Gasteiger partial charge is 0.338 e. The lowest BCUT2D eigenvalue weighted by Crippen LogP contribution is -2.50. The number of nitro groups is 1. The highest BCUT2D eigenvalue weighted by Crippen LogP contribution is 2.31. The van der Waals surface area contributed by atoms with Gasteiger partial charge in [0.1, 0.15) is 5.69 Å². The molecule has 0 bridgehead atoms. The fourth-order valence-corrected chi connectivity index (χ4v) is 3.37. The number of amides is 1. The summed E-state index contributed by atoms with van der Waals surface area (Å²) in [5.74, 6) is -0.830. The monoisotopic (exact) mass is 417 g/mol. The van der Waals surface area contributed by atoms with Crippen LogP contribution in [0.25, 0.3) is 0 Å². The van der Waals surface area contributed by atoms with Crippen LogP contribution in [-0.4, -0.2) is 54.5 Å². The molecule has 0 aromatic heterocycles. The second-order valence-electron chi connectivity index (χ2n) is 6.65. The standard InChI is InChI=1S/C20H20ClN3O5/c1-14-4-2-3-5-16(14)20(26)29-13-19(25)23-10-8-22(9-11-23)17-7-6-15(21)12-18(17)24(27)28/h2-7,12H,8-11,13H2,1H3. The van der Waals surface area contributed by atoms with Crippen molar-refractivity contribution < 1.29 is 19.2 Å². The second kappa shape index (κ2) is 8.91. The number of esters is 1. The van der Waals surface area contributed by atoms with E-state index < -0.39 is 10.9 Å². The van der Waals surface area contributed by atoms with Crippen molar-refractivity contribution in [3.63, 3.8) is 0 Å². The van der Waals surface area contributed by atoms with E-state index in [9.17, 15) is 19.7 Å². The Morgan fingerprint density at radius 1 is 1.14 bits per heavy atom. The molecular weight excluding hydrogens is 398 g/mol. The van der Waals surface area contributed by atoms with Crippen LogP contribution in [0.1, 0.15) is 15.9 Å². The van der Waals surface area contributed by atoms with Crippen LogP contribution in [0.15, 0.2) is 42.5 Å². The fourth-order valence-electron chi connectivity index (χ4n) is 3.21. The van der Waals surface area contributed by atoms with E-state index in [0.29, 0.717) is 42.5 Å². The van der Waals surface area contributed by atoms with Crippen LogP contribution >= 0.6 is 11.6 Å². The SMILES string of the molecule is Cc1ccccc1C(=O)OCC(=O)N1CCN(c2ccc(Cl)cc2[N+](=O)[O-])CC1. The zero-order valence-corrected chi connectivity index (χ0v) is 16.6. The Kier molecular flexibility index (Phi) is 6.33. The number of aryl methyl sites for hydroxylation is 1. The lowest BCUT2D eigenvalue weighted by Gasteiger charge is -2.35. The number of rotatable bonds is 5. The molecule has 9 heteroatoms. The summed E-state index contributed by atoms with van der Waals surface area (Å²) in [6.07, 6.45) is 0. The first-order valence-electron chi connectivity index (χ1n) is 9.06. The zero-order valence-electron chi connectivity index (χ0n) is 15.8. The molecular formula is C20H20ClN3O5. The highest BCUT2D eigenvalue weighted by atomic mass is 35.5. The molecule has 1 aliphatic rings. The Hall–Kier alpha value is -3.13. The van der Waals surface area contributed by atoms with Crippen LogP contribution in [0.2, 0.25) is 5.02 Å². The average Bonchev–Trinajstić information content (AvgIpc) is 2.72. The molecule has 0 N–H and O–H groups in total. The van der Waals surface area contributed by atoms with Gasteiger partial charge in [0.2, 0.25) is 0 Å². The number of hydrogen-bond donors (Lipinski definition) is 0. The largest absolute Gasteiger partial charge is 0.452 e. The minimum atomic E-state index is -0.535. The number of anilines is 1. The summed E-state index contributed by atoms with van der Waals surface area (Å²) in [6, 6.07) is 11.5. The number of ether oxygens (including phenoxy) is 1. The maximum atomic E-state index is 12.4. The van der Waals surface area contributed by atoms with E-state index in [4.69, 9.17) is 16.3 Å². The number of nitrogens with zero attached hydrogens (tertiary/aromatic N) is 3. The van der Waals surface area contributed by atoms with E-state index in [2.05, 4.69) is 0 Å². The zero-order chi connectivity index (χ0) is 21.0. The van der Waals surface area contributed by atoms with Gasteiger partial charge in [-0.15, -0.1) is 0 Å². The molecule has 0 saturated carbocycles. The Labute approximate surface area is 172 Å². The van der Waals surface area contributed by atoms with Crippen molar-refractivity contribution in [1.82, 2.24) is 4.90 Å². The molecule has 0 atom stereocenters. The molecule has 1 amide bonds. The second-order valence-corrected chi connectivity index (χ2v) is 7.09. The molecule has 29 heavy (non-hydrogen) atoms. The summed E-state index contributed by atoms with van der Waals surface area (Å²) in [7, 11) is 0. The van der Waals surface area contributed by atoms with Crippen LogP contribution < -0.4 is 4.90 Å². The molecule has 2 aromatic carbocycles. The quantitative estimate of drug-likeness (QED) is 0.421. The molecule has 1 fully saturated rings. The van der Waals surface area contributed by atoms with Crippen molar-refractivity contribution in [2.24, 2.45) is 0 Å². The van der Waals surface area contributed by atoms with Gasteiger partial charge >= 0.3 is 5.97 Å². The van der Waals surface area contributed by atoms with Gasteiger partial charge in [0.15, 0.2) is 6.61 Å². The number of carbonyl (C=O) groups is 2. The molecule has 0 radical (unpaired) electrons. The van der Waals surface area contributed by atoms with Crippen LogP contribution in [0, 0.1) is 17.0 Å². The lowest BCUT2D eigenvalue weighted by atomic mass is 10.1. The normalized spacial score (nSPS) is 13.9. The molecule has 0 unspecified atom stereocenters. The summed E-state index contributed by atoms with van der Waals surface area (Å²) in [5, 5.41) is 11.6. The molecule has 2 aromatic rings. The summed E-state index contributed by atoms with van der Waals surface area (Å²) in [6.45, 7) is 3.07.